The zero-order valence-electron chi connectivity index (χ0n) is 14.6. The van der Waals surface area contributed by atoms with Crippen molar-refractivity contribution < 1.29 is 9.59 Å². The highest BCUT2D eigenvalue weighted by Gasteiger charge is 2.17. The molecule has 0 spiro atoms. The summed E-state index contributed by atoms with van der Waals surface area (Å²) in [5.74, 6) is -0.607. The molecule has 1 heterocycles. The Morgan fingerprint density at radius 3 is 2.33 bits per heavy atom. The Morgan fingerprint density at radius 2 is 1.63 bits per heavy atom. The first-order valence-corrected chi connectivity index (χ1v) is 8.80. The van der Waals surface area contributed by atoms with E-state index in [0.717, 1.165) is 5.69 Å². The van der Waals surface area contributed by atoms with E-state index < -0.39 is 0 Å². The lowest BCUT2D eigenvalue weighted by molar-refractivity contribution is 0.0940. The number of benzene rings is 2. The fourth-order valence-electron chi connectivity index (χ4n) is 2.57. The molecule has 0 aliphatic heterocycles. The lowest BCUT2D eigenvalue weighted by Crippen LogP contribution is -2.28. The Kier molecular flexibility index (Phi) is 5.84. The van der Waals surface area contributed by atoms with Crippen molar-refractivity contribution in [3.8, 4) is 0 Å². The molecule has 1 unspecified atom stereocenters. The number of nitrogens with zero attached hydrogens (tertiary/aromatic N) is 1. The summed E-state index contributed by atoms with van der Waals surface area (Å²) in [7, 11) is 0. The summed E-state index contributed by atoms with van der Waals surface area (Å²) in [6, 6.07) is 18.7. The van der Waals surface area contributed by atoms with Crippen molar-refractivity contribution in [2.45, 2.75) is 13.0 Å². The molecule has 3 rings (SSSR count). The zero-order valence-corrected chi connectivity index (χ0v) is 15.4. The van der Waals surface area contributed by atoms with Gasteiger partial charge in [0.2, 0.25) is 0 Å². The fourth-order valence-corrected chi connectivity index (χ4v) is 2.69. The first-order valence-electron chi connectivity index (χ1n) is 8.42. The zero-order chi connectivity index (χ0) is 19.2. The van der Waals surface area contributed by atoms with Gasteiger partial charge in [-0.05, 0) is 55.5 Å². The molecule has 2 N–H and O–H groups in total. The Balaban J connectivity index is 1.76. The minimum Gasteiger partial charge on any atom is -0.344 e. The molecule has 6 heteroatoms. The molecule has 0 aliphatic carbocycles. The molecule has 1 aromatic heterocycles. The minimum atomic E-state index is -0.315. The third kappa shape index (κ3) is 4.71. The van der Waals surface area contributed by atoms with Crippen molar-refractivity contribution in [2.75, 3.05) is 5.32 Å². The molecule has 2 amide bonds. The summed E-state index contributed by atoms with van der Waals surface area (Å²) in [5, 5.41) is 6.24. The molecular formula is C21H18ClN3O2. The van der Waals surface area contributed by atoms with Crippen molar-refractivity contribution in [1.82, 2.24) is 10.3 Å². The van der Waals surface area contributed by atoms with E-state index in [1.807, 2.05) is 25.1 Å². The van der Waals surface area contributed by atoms with Crippen LogP contribution in [0.2, 0.25) is 5.02 Å². The van der Waals surface area contributed by atoms with Crippen LogP contribution in [-0.2, 0) is 0 Å². The standard InChI is InChI=1S/C21H18ClN3O2/c1-14(18-7-4-5-13-23-18)24-21(27)17-6-2-3-8-19(17)25-20(26)15-9-11-16(22)12-10-15/h2-14H,1H3,(H,24,27)(H,25,26). The molecule has 0 saturated carbocycles. The Labute approximate surface area is 162 Å². The summed E-state index contributed by atoms with van der Waals surface area (Å²) in [5.41, 5.74) is 2.02. The third-order valence-corrected chi connectivity index (χ3v) is 4.26. The van der Waals surface area contributed by atoms with Crippen LogP contribution >= 0.6 is 11.6 Å². The van der Waals surface area contributed by atoms with E-state index in [1.165, 1.54) is 0 Å². The maximum Gasteiger partial charge on any atom is 0.255 e. The first-order chi connectivity index (χ1) is 13.0. The lowest BCUT2D eigenvalue weighted by Gasteiger charge is -2.15. The van der Waals surface area contributed by atoms with E-state index in [2.05, 4.69) is 15.6 Å². The van der Waals surface area contributed by atoms with E-state index in [-0.39, 0.29) is 17.9 Å². The monoisotopic (exact) mass is 379 g/mol. The van der Waals surface area contributed by atoms with Crippen LogP contribution in [0, 0.1) is 0 Å². The predicted octanol–water partition coefficient (Wildman–Crippen LogP) is 4.48. The third-order valence-electron chi connectivity index (χ3n) is 4.01. The predicted molar refractivity (Wildman–Crippen MR) is 106 cm³/mol. The van der Waals surface area contributed by atoms with Crippen LogP contribution in [0.4, 0.5) is 5.69 Å². The van der Waals surface area contributed by atoms with Gasteiger partial charge in [-0.3, -0.25) is 14.6 Å². The van der Waals surface area contributed by atoms with Crippen molar-refractivity contribution in [3.05, 3.63) is 94.8 Å². The van der Waals surface area contributed by atoms with E-state index in [9.17, 15) is 9.59 Å². The highest BCUT2D eigenvalue weighted by molar-refractivity contribution is 6.30. The molecule has 0 fully saturated rings. The maximum absolute atomic E-state index is 12.7. The van der Waals surface area contributed by atoms with Crippen LogP contribution in [0.3, 0.4) is 0 Å². The molecule has 2 aromatic carbocycles. The van der Waals surface area contributed by atoms with Gasteiger partial charge in [0.15, 0.2) is 0 Å². The van der Waals surface area contributed by atoms with Crippen LogP contribution in [0.5, 0.6) is 0 Å². The Morgan fingerprint density at radius 1 is 0.926 bits per heavy atom. The van der Waals surface area contributed by atoms with Gasteiger partial charge >= 0.3 is 0 Å². The number of anilines is 1. The molecule has 136 valence electrons. The van der Waals surface area contributed by atoms with Crippen LogP contribution in [-0.4, -0.2) is 16.8 Å². The number of pyridine rings is 1. The van der Waals surface area contributed by atoms with Crippen molar-refractivity contribution >= 4 is 29.1 Å². The molecule has 1 atom stereocenters. The number of halogens is 1. The number of carbonyl (C=O) groups is 2. The summed E-state index contributed by atoms with van der Waals surface area (Å²) in [6.45, 7) is 1.86. The number of amides is 2. The van der Waals surface area contributed by atoms with Gasteiger partial charge in [-0.1, -0.05) is 29.8 Å². The molecule has 3 aromatic rings. The van der Waals surface area contributed by atoms with Crippen molar-refractivity contribution in [3.63, 3.8) is 0 Å². The molecule has 0 radical (unpaired) electrons. The molecular weight excluding hydrogens is 362 g/mol. The second kappa shape index (κ2) is 8.47. The normalized spacial score (nSPS) is 11.5. The van der Waals surface area contributed by atoms with Gasteiger partial charge in [-0.25, -0.2) is 0 Å². The van der Waals surface area contributed by atoms with E-state index in [4.69, 9.17) is 11.6 Å². The quantitative estimate of drug-likeness (QED) is 0.686. The summed E-state index contributed by atoms with van der Waals surface area (Å²) >= 11 is 5.85. The van der Waals surface area contributed by atoms with Gasteiger partial charge in [0, 0.05) is 16.8 Å². The molecule has 0 saturated heterocycles. The van der Waals surface area contributed by atoms with Crippen LogP contribution in [0.25, 0.3) is 0 Å². The van der Waals surface area contributed by atoms with Gasteiger partial charge in [-0.15, -0.1) is 0 Å². The lowest BCUT2D eigenvalue weighted by atomic mass is 10.1. The molecule has 5 nitrogen and oxygen atoms in total. The summed E-state index contributed by atoms with van der Waals surface area (Å²) < 4.78 is 0. The van der Waals surface area contributed by atoms with E-state index in [1.54, 1.807) is 54.7 Å². The second-order valence-electron chi connectivity index (χ2n) is 5.96. The fraction of sp³-hybridized carbons (Fsp3) is 0.0952. The number of rotatable bonds is 5. The smallest absolute Gasteiger partial charge is 0.255 e. The second-order valence-corrected chi connectivity index (χ2v) is 6.39. The number of carbonyl (C=O) groups excluding carboxylic acids is 2. The van der Waals surface area contributed by atoms with Crippen LogP contribution in [0.1, 0.15) is 39.4 Å². The van der Waals surface area contributed by atoms with Crippen molar-refractivity contribution in [2.24, 2.45) is 0 Å². The highest BCUT2D eigenvalue weighted by Crippen LogP contribution is 2.19. The summed E-state index contributed by atoms with van der Waals surface area (Å²) in [6.07, 6.45) is 1.68. The van der Waals surface area contributed by atoms with Crippen molar-refractivity contribution in [1.29, 1.82) is 0 Å². The average Bonchev–Trinajstić information content (AvgIpc) is 2.69. The molecule has 0 aliphatic rings. The van der Waals surface area contributed by atoms with Gasteiger partial charge < -0.3 is 10.6 Å². The van der Waals surface area contributed by atoms with Crippen LogP contribution < -0.4 is 10.6 Å². The molecule has 27 heavy (non-hydrogen) atoms. The molecule has 0 bridgehead atoms. The highest BCUT2D eigenvalue weighted by atomic mass is 35.5. The minimum absolute atomic E-state index is 0.265. The summed E-state index contributed by atoms with van der Waals surface area (Å²) in [4.78, 5) is 29.4. The number of para-hydroxylation sites is 1. The number of hydrogen-bond acceptors (Lipinski definition) is 3. The number of hydrogen-bond donors (Lipinski definition) is 2. The topological polar surface area (TPSA) is 71.1 Å². The SMILES string of the molecule is CC(NC(=O)c1ccccc1NC(=O)c1ccc(Cl)cc1)c1ccccn1. The largest absolute Gasteiger partial charge is 0.344 e. The Hall–Kier alpha value is -3.18. The van der Waals surface area contributed by atoms with Gasteiger partial charge in [0.1, 0.15) is 0 Å². The number of nitrogens with one attached hydrogen (secondary N) is 2. The maximum atomic E-state index is 12.7. The number of aromatic nitrogens is 1. The first kappa shape index (κ1) is 18.6. The van der Waals surface area contributed by atoms with Gasteiger partial charge in [-0.2, -0.15) is 0 Å². The average molecular weight is 380 g/mol. The van der Waals surface area contributed by atoms with Gasteiger partial charge in [0.05, 0.1) is 23.0 Å². The van der Waals surface area contributed by atoms with E-state index in [0.29, 0.717) is 21.8 Å². The van der Waals surface area contributed by atoms with E-state index >= 15 is 0 Å². The Bertz CT molecular complexity index is 943. The van der Waals surface area contributed by atoms with Crippen LogP contribution in [0.15, 0.2) is 72.9 Å². The van der Waals surface area contributed by atoms with Gasteiger partial charge in [0.25, 0.3) is 11.8 Å².